The Kier molecular flexibility index (Phi) is 5.78. The highest BCUT2D eigenvalue weighted by Crippen LogP contribution is 2.52. The Balaban J connectivity index is 1.65. The second kappa shape index (κ2) is 8.02. The van der Waals surface area contributed by atoms with E-state index in [1.165, 1.54) is 0 Å². The van der Waals surface area contributed by atoms with Crippen LogP contribution in [0.3, 0.4) is 0 Å². The number of amides is 1. The number of carbonyl (C=O) groups excluding carboxylic acids is 1. The summed E-state index contributed by atoms with van der Waals surface area (Å²) in [5.41, 5.74) is 1.78. The second-order valence-electron chi connectivity index (χ2n) is 6.93. The summed E-state index contributed by atoms with van der Waals surface area (Å²) in [7, 11) is 0. The summed E-state index contributed by atoms with van der Waals surface area (Å²) in [4.78, 5) is 12.7. The summed E-state index contributed by atoms with van der Waals surface area (Å²) in [6.07, 6.45) is 15.8. The number of benzene rings is 1. The molecule has 0 bridgehead atoms. The van der Waals surface area contributed by atoms with Gasteiger partial charge in [0.15, 0.2) is 0 Å². The molecule has 0 aromatic heterocycles. The van der Waals surface area contributed by atoms with Crippen molar-refractivity contribution in [1.29, 1.82) is 0 Å². The lowest BCUT2D eigenvalue weighted by Gasteiger charge is -2.09. The maximum atomic E-state index is 12.7. The molecule has 0 saturated heterocycles. The molecule has 1 amide bonds. The fourth-order valence-electron chi connectivity index (χ4n) is 3.82. The lowest BCUT2D eigenvalue weighted by Crippen LogP contribution is -2.16. The van der Waals surface area contributed by atoms with Crippen LogP contribution in [0.5, 0.6) is 0 Å². The molecule has 3 heteroatoms. The van der Waals surface area contributed by atoms with Crippen LogP contribution in [0.1, 0.15) is 44.1 Å². The number of rotatable bonds is 2. The molecule has 0 radical (unpaired) electrons. The standard InChI is InChI=1S/C21H26ClNO/c1-15-18(22)13-10-14-19(15)23-21(24)20-16-11-8-6-4-2-3-5-7-9-12-17(16)20/h4-7,10,13-14,16-17,20H,2-3,8-9,11-12H2,1H3,(H,23,24)/t16-,17+,20?. The van der Waals surface area contributed by atoms with Crippen LogP contribution in [0.2, 0.25) is 5.02 Å². The number of hydrogen-bond acceptors (Lipinski definition) is 1. The lowest BCUT2D eigenvalue weighted by molar-refractivity contribution is -0.117. The third kappa shape index (κ3) is 4.10. The van der Waals surface area contributed by atoms with Gasteiger partial charge in [-0.15, -0.1) is 0 Å². The zero-order valence-corrected chi connectivity index (χ0v) is 15.1. The molecule has 0 aliphatic heterocycles. The molecule has 1 unspecified atom stereocenters. The fourth-order valence-corrected chi connectivity index (χ4v) is 4.00. The first kappa shape index (κ1) is 17.3. The first-order valence-electron chi connectivity index (χ1n) is 9.04. The molecule has 2 aliphatic rings. The van der Waals surface area contributed by atoms with Crippen molar-refractivity contribution in [2.45, 2.75) is 45.4 Å². The van der Waals surface area contributed by atoms with E-state index in [-0.39, 0.29) is 11.8 Å². The predicted octanol–water partition coefficient (Wildman–Crippen LogP) is 5.92. The normalized spacial score (nSPS) is 26.8. The van der Waals surface area contributed by atoms with Gasteiger partial charge < -0.3 is 5.32 Å². The molecule has 3 atom stereocenters. The van der Waals surface area contributed by atoms with Crippen molar-refractivity contribution in [3.8, 4) is 0 Å². The van der Waals surface area contributed by atoms with Crippen molar-refractivity contribution in [2.75, 3.05) is 5.32 Å². The largest absolute Gasteiger partial charge is 0.326 e. The van der Waals surface area contributed by atoms with Gasteiger partial charge in [0.2, 0.25) is 5.91 Å². The summed E-state index contributed by atoms with van der Waals surface area (Å²) in [6, 6.07) is 5.67. The van der Waals surface area contributed by atoms with Gasteiger partial charge in [0.25, 0.3) is 0 Å². The van der Waals surface area contributed by atoms with Crippen LogP contribution in [-0.2, 0) is 4.79 Å². The Bertz CT molecular complexity index is 625. The lowest BCUT2D eigenvalue weighted by atomic mass is 10.1. The molecule has 1 fully saturated rings. The summed E-state index contributed by atoms with van der Waals surface area (Å²) in [5.74, 6) is 1.38. The van der Waals surface area contributed by atoms with Crippen LogP contribution < -0.4 is 5.32 Å². The average molecular weight is 344 g/mol. The Morgan fingerprint density at radius 1 is 1.00 bits per heavy atom. The molecule has 0 spiro atoms. The molecule has 128 valence electrons. The third-order valence-electron chi connectivity index (χ3n) is 5.33. The quantitative estimate of drug-likeness (QED) is 0.664. The molecule has 1 aromatic rings. The maximum absolute atomic E-state index is 12.7. The topological polar surface area (TPSA) is 29.1 Å². The van der Waals surface area contributed by atoms with Crippen LogP contribution in [0, 0.1) is 24.7 Å². The number of halogens is 1. The number of allylic oxidation sites excluding steroid dienone is 4. The molecule has 3 rings (SSSR count). The van der Waals surface area contributed by atoms with Crippen molar-refractivity contribution in [3.05, 3.63) is 53.1 Å². The van der Waals surface area contributed by atoms with Crippen molar-refractivity contribution in [3.63, 3.8) is 0 Å². The van der Waals surface area contributed by atoms with Gasteiger partial charge in [-0.3, -0.25) is 4.79 Å². The predicted molar refractivity (Wildman–Crippen MR) is 101 cm³/mol. The summed E-state index contributed by atoms with van der Waals surface area (Å²) in [6.45, 7) is 1.95. The maximum Gasteiger partial charge on any atom is 0.228 e. The van der Waals surface area contributed by atoms with E-state index in [0.29, 0.717) is 16.9 Å². The number of carbonyl (C=O) groups is 1. The van der Waals surface area contributed by atoms with Crippen molar-refractivity contribution in [2.24, 2.45) is 17.8 Å². The van der Waals surface area contributed by atoms with E-state index in [9.17, 15) is 4.79 Å². The molecule has 2 aliphatic carbocycles. The molecule has 2 nitrogen and oxygen atoms in total. The fraction of sp³-hybridized carbons (Fsp3) is 0.476. The van der Waals surface area contributed by atoms with E-state index in [4.69, 9.17) is 11.6 Å². The van der Waals surface area contributed by atoms with E-state index >= 15 is 0 Å². The van der Waals surface area contributed by atoms with Crippen LogP contribution in [0.4, 0.5) is 5.69 Å². The van der Waals surface area contributed by atoms with E-state index in [0.717, 1.165) is 49.8 Å². The van der Waals surface area contributed by atoms with E-state index < -0.39 is 0 Å². The Hall–Kier alpha value is -1.54. The van der Waals surface area contributed by atoms with Gasteiger partial charge in [0.1, 0.15) is 0 Å². The van der Waals surface area contributed by atoms with Crippen LogP contribution in [0.25, 0.3) is 0 Å². The van der Waals surface area contributed by atoms with E-state index in [1.807, 2.05) is 25.1 Å². The van der Waals surface area contributed by atoms with Crippen molar-refractivity contribution < 1.29 is 4.79 Å². The van der Waals surface area contributed by atoms with Gasteiger partial charge in [0.05, 0.1) is 0 Å². The average Bonchev–Trinajstić information content (AvgIpc) is 3.24. The molecular weight excluding hydrogens is 318 g/mol. The van der Waals surface area contributed by atoms with Gasteiger partial charge in [0, 0.05) is 16.6 Å². The summed E-state index contributed by atoms with van der Waals surface area (Å²) >= 11 is 6.16. The zero-order chi connectivity index (χ0) is 16.9. The van der Waals surface area contributed by atoms with Gasteiger partial charge >= 0.3 is 0 Å². The molecule has 1 aromatic carbocycles. The molecule has 1 saturated carbocycles. The Morgan fingerprint density at radius 2 is 1.58 bits per heavy atom. The van der Waals surface area contributed by atoms with Gasteiger partial charge in [-0.2, -0.15) is 0 Å². The highest BCUT2D eigenvalue weighted by atomic mass is 35.5. The number of nitrogens with one attached hydrogen (secondary N) is 1. The van der Waals surface area contributed by atoms with Gasteiger partial charge in [-0.1, -0.05) is 42.0 Å². The van der Waals surface area contributed by atoms with E-state index in [1.54, 1.807) is 0 Å². The minimum absolute atomic E-state index is 0.158. The number of hydrogen-bond donors (Lipinski definition) is 1. The van der Waals surface area contributed by atoms with E-state index in [2.05, 4.69) is 29.6 Å². The second-order valence-corrected chi connectivity index (χ2v) is 7.34. The van der Waals surface area contributed by atoms with Gasteiger partial charge in [-0.25, -0.2) is 0 Å². The summed E-state index contributed by atoms with van der Waals surface area (Å²) < 4.78 is 0. The first-order valence-corrected chi connectivity index (χ1v) is 9.42. The minimum Gasteiger partial charge on any atom is -0.326 e. The summed E-state index contributed by atoms with van der Waals surface area (Å²) in [5, 5.41) is 3.81. The van der Waals surface area contributed by atoms with Gasteiger partial charge in [-0.05, 0) is 75.0 Å². The van der Waals surface area contributed by atoms with Crippen molar-refractivity contribution >= 4 is 23.2 Å². The highest BCUT2D eigenvalue weighted by molar-refractivity contribution is 6.31. The number of anilines is 1. The Morgan fingerprint density at radius 3 is 2.21 bits per heavy atom. The first-order chi connectivity index (χ1) is 11.7. The smallest absolute Gasteiger partial charge is 0.228 e. The molecule has 1 N–H and O–H groups in total. The third-order valence-corrected chi connectivity index (χ3v) is 5.74. The van der Waals surface area contributed by atoms with Crippen LogP contribution >= 0.6 is 11.6 Å². The highest BCUT2D eigenvalue weighted by Gasteiger charge is 2.52. The van der Waals surface area contributed by atoms with Crippen LogP contribution in [0.15, 0.2) is 42.5 Å². The molecular formula is C21H26ClNO. The molecule has 24 heavy (non-hydrogen) atoms. The van der Waals surface area contributed by atoms with Crippen LogP contribution in [-0.4, -0.2) is 5.91 Å². The monoisotopic (exact) mass is 343 g/mol. The molecule has 0 heterocycles. The van der Waals surface area contributed by atoms with Crippen molar-refractivity contribution in [1.82, 2.24) is 0 Å². The Labute approximate surface area is 150 Å². The zero-order valence-electron chi connectivity index (χ0n) is 14.3. The minimum atomic E-state index is 0.158. The SMILES string of the molecule is Cc1c(Cl)cccc1NC(=O)C1[C@H]2CCC=CCCC=CCC[C@@H]12. The number of fused-ring (bicyclic) bond motifs is 1.